The van der Waals surface area contributed by atoms with Crippen molar-refractivity contribution in [1.29, 1.82) is 0 Å². The first-order chi connectivity index (χ1) is 18.4. The standard InChI is InChI=1S/C29H46N4O7/c1-17(2)10-11-20(5)33(27(37)22(15-23(30)34)32-28(38)40-29(6,7)8)25(26(36)31-16-24(35)39-9)21-13-18(3)12-19(4)14-21/h12-14,17,20,22,25H,10-11,15-16H2,1-9H3,(H2,30,34)(H,31,36)(H,32,38). The Morgan fingerprint density at radius 3 is 2.02 bits per heavy atom. The number of primary amides is 1. The van der Waals surface area contributed by atoms with Gasteiger partial charge in [-0.05, 0) is 65.9 Å². The third-order valence-corrected chi connectivity index (χ3v) is 6.01. The van der Waals surface area contributed by atoms with E-state index in [9.17, 15) is 24.0 Å². The van der Waals surface area contributed by atoms with E-state index in [1.807, 2.05) is 33.8 Å². The van der Waals surface area contributed by atoms with Crippen molar-refractivity contribution in [2.45, 2.75) is 98.4 Å². The zero-order chi connectivity index (χ0) is 30.8. The highest BCUT2D eigenvalue weighted by atomic mass is 16.6. The molecular weight excluding hydrogens is 516 g/mol. The number of benzene rings is 1. The highest BCUT2D eigenvalue weighted by Gasteiger charge is 2.39. The molecule has 0 radical (unpaired) electrons. The third kappa shape index (κ3) is 11.6. The van der Waals surface area contributed by atoms with Crippen molar-refractivity contribution >= 4 is 29.8 Å². The fourth-order valence-corrected chi connectivity index (χ4v) is 4.28. The second-order valence-corrected chi connectivity index (χ2v) is 11.6. The summed E-state index contributed by atoms with van der Waals surface area (Å²) < 4.78 is 9.98. The summed E-state index contributed by atoms with van der Waals surface area (Å²) in [6.07, 6.45) is -0.131. The van der Waals surface area contributed by atoms with Crippen LogP contribution in [0.3, 0.4) is 0 Å². The van der Waals surface area contributed by atoms with E-state index < -0.39 is 66.5 Å². The summed E-state index contributed by atoms with van der Waals surface area (Å²) in [7, 11) is 1.20. The average molecular weight is 563 g/mol. The van der Waals surface area contributed by atoms with Gasteiger partial charge in [0.15, 0.2) is 0 Å². The molecule has 0 aliphatic carbocycles. The Kier molecular flexibility index (Phi) is 13.1. The van der Waals surface area contributed by atoms with Crippen molar-refractivity contribution in [3.63, 3.8) is 0 Å². The molecule has 3 unspecified atom stereocenters. The fraction of sp³-hybridized carbons (Fsp3) is 0.621. The number of nitrogens with zero attached hydrogens (tertiary/aromatic N) is 1. The number of nitrogens with two attached hydrogens (primary N) is 1. The molecule has 11 nitrogen and oxygen atoms in total. The molecule has 0 saturated heterocycles. The maximum Gasteiger partial charge on any atom is 0.408 e. The number of alkyl carbamates (subject to hydrolysis) is 1. The monoisotopic (exact) mass is 562 g/mol. The van der Waals surface area contributed by atoms with E-state index in [1.165, 1.54) is 12.0 Å². The normalized spacial score (nSPS) is 13.6. The molecule has 0 fully saturated rings. The van der Waals surface area contributed by atoms with Crippen LogP contribution in [0.2, 0.25) is 0 Å². The predicted molar refractivity (Wildman–Crippen MR) is 151 cm³/mol. The van der Waals surface area contributed by atoms with Crippen LogP contribution in [0.5, 0.6) is 0 Å². The zero-order valence-corrected chi connectivity index (χ0v) is 25.3. The average Bonchev–Trinajstić information content (AvgIpc) is 2.81. The largest absolute Gasteiger partial charge is 0.468 e. The minimum atomic E-state index is -1.39. The lowest BCUT2D eigenvalue weighted by Gasteiger charge is -2.38. The van der Waals surface area contributed by atoms with Gasteiger partial charge in [-0.25, -0.2) is 4.79 Å². The van der Waals surface area contributed by atoms with Gasteiger partial charge >= 0.3 is 12.1 Å². The van der Waals surface area contributed by atoms with Gasteiger partial charge in [0, 0.05) is 6.04 Å². The van der Waals surface area contributed by atoms with Gasteiger partial charge in [0.1, 0.15) is 24.2 Å². The molecule has 0 aliphatic rings. The van der Waals surface area contributed by atoms with Crippen LogP contribution in [0.1, 0.15) is 83.5 Å². The summed E-state index contributed by atoms with van der Waals surface area (Å²) in [5, 5.41) is 5.04. The maximum absolute atomic E-state index is 14.2. The molecule has 1 aromatic rings. The van der Waals surface area contributed by atoms with Crippen molar-refractivity contribution < 1.29 is 33.4 Å². The highest BCUT2D eigenvalue weighted by molar-refractivity contribution is 5.95. The van der Waals surface area contributed by atoms with Crippen molar-refractivity contribution in [2.75, 3.05) is 13.7 Å². The second kappa shape index (κ2) is 15.2. The van der Waals surface area contributed by atoms with Crippen LogP contribution in [0.4, 0.5) is 4.79 Å². The number of carbonyl (C=O) groups excluding carboxylic acids is 5. The van der Waals surface area contributed by atoms with Gasteiger partial charge in [-0.3, -0.25) is 19.2 Å². The molecule has 0 bridgehead atoms. The highest BCUT2D eigenvalue weighted by Crippen LogP contribution is 2.29. The van der Waals surface area contributed by atoms with Crippen LogP contribution in [-0.2, 0) is 28.7 Å². The smallest absolute Gasteiger partial charge is 0.408 e. The molecular formula is C29H46N4O7. The Bertz CT molecular complexity index is 1040. The summed E-state index contributed by atoms with van der Waals surface area (Å²) >= 11 is 0. The molecule has 1 rings (SSSR count). The molecule has 224 valence electrons. The van der Waals surface area contributed by atoms with Gasteiger partial charge < -0.3 is 30.7 Å². The van der Waals surface area contributed by atoms with Crippen molar-refractivity contribution in [2.24, 2.45) is 11.7 Å². The maximum atomic E-state index is 14.2. The van der Waals surface area contributed by atoms with E-state index in [0.29, 0.717) is 17.9 Å². The van der Waals surface area contributed by atoms with E-state index >= 15 is 0 Å². The number of amides is 4. The SMILES string of the molecule is COC(=O)CNC(=O)C(c1cc(C)cc(C)c1)N(C(=O)C(CC(N)=O)NC(=O)OC(C)(C)C)C(C)CCC(C)C. The summed E-state index contributed by atoms with van der Waals surface area (Å²) in [5.74, 6) is -2.46. The minimum Gasteiger partial charge on any atom is -0.468 e. The number of hydrogen-bond acceptors (Lipinski definition) is 7. The molecule has 11 heteroatoms. The summed E-state index contributed by atoms with van der Waals surface area (Å²) in [6.45, 7) is 14.2. The Balaban J connectivity index is 3.71. The minimum absolute atomic E-state index is 0.313. The number of methoxy groups -OCH3 is 1. The molecule has 3 atom stereocenters. The lowest BCUT2D eigenvalue weighted by Crippen LogP contribution is -2.56. The van der Waals surface area contributed by atoms with Crippen molar-refractivity contribution in [1.82, 2.24) is 15.5 Å². The quantitative estimate of drug-likeness (QED) is 0.312. The van der Waals surface area contributed by atoms with Gasteiger partial charge in [0.2, 0.25) is 17.7 Å². The number of hydrogen-bond donors (Lipinski definition) is 3. The summed E-state index contributed by atoms with van der Waals surface area (Å²) in [6, 6.07) is 2.43. The summed E-state index contributed by atoms with van der Waals surface area (Å²) in [4.78, 5) is 65.8. The van der Waals surface area contributed by atoms with Gasteiger partial charge in [-0.2, -0.15) is 0 Å². The topological polar surface area (TPSA) is 157 Å². The number of ether oxygens (including phenoxy) is 2. The van der Waals surface area contributed by atoms with Gasteiger partial charge in [-0.1, -0.05) is 43.2 Å². The van der Waals surface area contributed by atoms with E-state index in [-0.39, 0.29) is 0 Å². The van der Waals surface area contributed by atoms with Crippen LogP contribution in [0.15, 0.2) is 18.2 Å². The third-order valence-electron chi connectivity index (χ3n) is 6.01. The van der Waals surface area contributed by atoms with Crippen molar-refractivity contribution in [3.8, 4) is 0 Å². The lowest BCUT2D eigenvalue weighted by molar-refractivity contribution is -0.147. The van der Waals surface area contributed by atoms with Crippen LogP contribution in [-0.4, -0.2) is 66.0 Å². The van der Waals surface area contributed by atoms with Crippen molar-refractivity contribution in [3.05, 3.63) is 34.9 Å². The number of nitrogens with one attached hydrogen (secondary N) is 2. The Morgan fingerprint density at radius 1 is 0.975 bits per heavy atom. The van der Waals surface area contributed by atoms with E-state index in [2.05, 4.69) is 15.4 Å². The Morgan fingerprint density at radius 2 is 1.55 bits per heavy atom. The van der Waals surface area contributed by atoms with Crippen LogP contribution in [0, 0.1) is 19.8 Å². The summed E-state index contributed by atoms with van der Waals surface area (Å²) in [5.41, 5.74) is 6.84. The number of carbonyl (C=O) groups is 5. The molecule has 4 amide bonds. The fourth-order valence-electron chi connectivity index (χ4n) is 4.28. The first kappa shape index (κ1) is 34.4. The molecule has 1 aromatic carbocycles. The van der Waals surface area contributed by atoms with Gasteiger partial charge in [0.25, 0.3) is 0 Å². The molecule has 0 spiro atoms. The van der Waals surface area contributed by atoms with Crippen LogP contribution >= 0.6 is 0 Å². The number of esters is 1. The van der Waals surface area contributed by atoms with E-state index in [1.54, 1.807) is 39.8 Å². The molecule has 0 heterocycles. The van der Waals surface area contributed by atoms with E-state index in [0.717, 1.165) is 17.5 Å². The molecule has 0 saturated carbocycles. The Labute approximate surface area is 237 Å². The zero-order valence-electron chi connectivity index (χ0n) is 25.3. The number of aryl methyl sites for hydroxylation is 2. The first-order valence-corrected chi connectivity index (χ1v) is 13.5. The molecule has 40 heavy (non-hydrogen) atoms. The van der Waals surface area contributed by atoms with Gasteiger partial charge in [0.05, 0.1) is 13.5 Å². The lowest BCUT2D eigenvalue weighted by atomic mass is 9.95. The molecule has 0 aromatic heterocycles. The molecule has 4 N–H and O–H groups in total. The number of rotatable bonds is 13. The second-order valence-electron chi connectivity index (χ2n) is 11.6. The van der Waals surface area contributed by atoms with Crippen LogP contribution < -0.4 is 16.4 Å². The predicted octanol–water partition coefficient (Wildman–Crippen LogP) is 3.06. The molecule has 0 aliphatic heterocycles. The van der Waals surface area contributed by atoms with E-state index in [4.69, 9.17) is 10.5 Å². The van der Waals surface area contributed by atoms with Gasteiger partial charge in [-0.15, -0.1) is 0 Å². The van der Waals surface area contributed by atoms with Crippen LogP contribution in [0.25, 0.3) is 0 Å². The first-order valence-electron chi connectivity index (χ1n) is 13.5. The Hall–Kier alpha value is -3.63.